The van der Waals surface area contributed by atoms with Crippen LogP contribution in [0.5, 0.6) is 11.5 Å². The molecule has 9 nitrogen and oxygen atoms in total. The Balaban J connectivity index is 1.36. The van der Waals surface area contributed by atoms with Gasteiger partial charge in [0, 0.05) is 25.2 Å². The monoisotopic (exact) mass is 509 g/mol. The molecule has 198 valence electrons. The van der Waals surface area contributed by atoms with Crippen molar-refractivity contribution in [1.82, 2.24) is 10.2 Å². The average Bonchev–Trinajstić information content (AvgIpc) is 2.90. The fraction of sp³-hybridized carbons (Fsp3) is 0.464. The molecule has 4 rings (SSSR count). The van der Waals surface area contributed by atoms with E-state index in [2.05, 4.69) is 10.6 Å². The van der Waals surface area contributed by atoms with Gasteiger partial charge in [0.1, 0.15) is 24.2 Å². The number of ether oxygens (including phenoxy) is 3. The van der Waals surface area contributed by atoms with Gasteiger partial charge in [0.25, 0.3) is 5.91 Å². The molecule has 2 aliphatic heterocycles. The Kier molecular flexibility index (Phi) is 8.33. The summed E-state index contributed by atoms with van der Waals surface area (Å²) in [4.78, 5) is 39.7. The maximum Gasteiger partial charge on any atom is 0.257 e. The Bertz CT molecular complexity index is 1130. The summed E-state index contributed by atoms with van der Waals surface area (Å²) in [5.74, 6) is 0.648. The lowest BCUT2D eigenvalue weighted by Gasteiger charge is -2.42. The normalized spacial score (nSPS) is 21.2. The number of likely N-dealkylation sites (N-methyl/N-ethyl adjacent to an activating group) is 1. The summed E-state index contributed by atoms with van der Waals surface area (Å²) >= 11 is 0. The van der Waals surface area contributed by atoms with Crippen LogP contribution in [0, 0.1) is 5.92 Å². The standard InChI is InChI=1S/C28H35N3O6/c1-17(2)27(33)30-19-7-12-24-22(13-19)28(34)31(3)23-11-10-21(37-25(23)16-36-24)14-26(32)29-15-18-5-8-20(35-4)9-6-18/h5-9,12-13,17,21,23,25H,10-11,14-16H2,1-4H3,(H,29,32)(H,30,33)/t21-,23+,25-/m0/s1. The zero-order valence-electron chi connectivity index (χ0n) is 21.8. The van der Waals surface area contributed by atoms with Crippen molar-refractivity contribution >= 4 is 23.4 Å². The number of methoxy groups -OCH3 is 1. The molecular formula is C28H35N3O6. The van der Waals surface area contributed by atoms with Crippen molar-refractivity contribution in [2.45, 2.75) is 57.9 Å². The largest absolute Gasteiger partial charge is 0.497 e. The van der Waals surface area contributed by atoms with Crippen LogP contribution in [0.25, 0.3) is 0 Å². The molecule has 1 fully saturated rings. The second-order valence-electron chi connectivity index (χ2n) is 9.85. The van der Waals surface area contributed by atoms with E-state index < -0.39 is 0 Å². The second-order valence-corrected chi connectivity index (χ2v) is 9.85. The van der Waals surface area contributed by atoms with Crippen molar-refractivity contribution in [2.24, 2.45) is 5.92 Å². The zero-order chi connectivity index (χ0) is 26.5. The molecule has 0 radical (unpaired) electrons. The highest BCUT2D eigenvalue weighted by Gasteiger charge is 2.39. The van der Waals surface area contributed by atoms with Crippen molar-refractivity contribution < 1.29 is 28.6 Å². The molecule has 2 aliphatic rings. The molecule has 2 aromatic carbocycles. The summed E-state index contributed by atoms with van der Waals surface area (Å²) in [6, 6.07) is 12.5. The van der Waals surface area contributed by atoms with Gasteiger partial charge < -0.3 is 29.7 Å². The Hall–Kier alpha value is -3.59. The summed E-state index contributed by atoms with van der Waals surface area (Å²) in [5, 5.41) is 5.78. The SMILES string of the molecule is COc1ccc(CNC(=O)C[C@@H]2CC[C@@H]3[C@H](COc4ccc(NC(=O)C(C)C)cc4C(=O)N3C)O2)cc1. The number of carbonyl (C=O) groups excluding carboxylic acids is 3. The van der Waals surface area contributed by atoms with E-state index in [1.54, 1.807) is 37.3 Å². The lowest BCUT2D eigenvalue weighted by molar-refractivity contribution is -0.134. The zero-order valence-corrected chi connectivity index (χ0v) is 21.8. The Labute approximate surface area is 217 Å². The van der Waals surface area contributed by atoms with Crippen molar-refractivity contribution in [1.29, 1.82) is 0 Å². The van der Waals surface area contributed by atoms with E-state index in [4.69, 9.17) is 14.2 Å². The number of nitrogens with zero attached hydrogens (tertiary/aromatic N) is 1. The summed E-state index contributed by atoms with van der Waals surface area (Å²) in [6.45, 7) is 4.31. The van der Waals surface area contributed by atoms with Crippen LogP contribution in [0.15, 0.2) is 42.5 Å². The van der Waals surface area contributed by atoms with Crippen molar-refractivity contribution in [3.8, 4) is 11.5 Å². The maximum absolute atomic E-state index is 13.3. The highest BCUT2D eigenvalue weighted by molar-refractivity contribution is 6.00. The van der Waals surface area contributed by atoms with E-state index in [0.717, 1.165) is 11.3 Å². The molecule has 2 N–H and O–H groups in total. The minimum Gasteiger partial charge on any atom is -0.497 e. The van der Waals surface area contributed by atoms with Gasteiger partial charge >= 0.3 is 0 Å². The highest BCUT2D eigenvalue weighted by atomic mass is 16.5. The predicted octanol–water partition coefficient (Wildman–Crippen LogP) is 3.38. The van der Waals surface area contributed by atoms with Gasteiger partial charge in [-0.15, -0.1) is 0 Å². The molecule has 37 heavy (non-hydrogen) atoms. The first kappa shape index (κ1) is 26.5. The minimum absolute atomic E-state index is 0.0863. The summed E-state index contributed by atoms with van der Waals surface area (Å²) in [5.41, 5.74) is 1.95. The topological polar surface area (TPSA) is 106 Å². The van der Waals surface area contributed by atoms with Crippen LogP contribution < -0.4 is 20.1 Å². The molecule has 0 aliphatic carbocycles. The van der Waals surface area contributed by atoms with E-state index >= 15 is 0 Å². The van der Waals surface area contributed by atoms with Gasteiger partial charge in [-0.1, -0.05) is 26.0 Å². The van der Waals surface area contributed by atoms with E-state index in [1.165, 1.54) is 0 Å². The van der Waals surface area contributed by atoms with Gasteiger partial charge in [-0.3, -0.25) is 14.4 Å². The number of amides is 3. The lowest BCUT2D eigenvalue weighted by Crippen LogP contribution is -2.53. The Morgan fingerprint density at radius 2 is 1.89 bits per heavy atom. The fourth-order valence-corrected chi connectivity index (χ4v) is 4.61. The summed E-state index contributed by atoms with van der Waals surface area (Å²) in [6.07, 6.45) is 0.997. The number of hydrogen-bond acceptors (Lipinski definition) is 6. The predicted molar refractivity (Wildman–Crippen MR) is 139 cm³/mol. The van der Waals surface area contributed by atoms with Gasteiger partial charge in [-0.05, 0) is 48.7 Å². The molecule has 0 aromatic heterocycles. The van der Waals surface area contributed by atoms with Crippen LogP contribution in [-0.2, 0) is 20.9 Å². The van der Waals surface area contributed by atoms with Crippen LogP contribution in [0.1, 0.15) is 49.0 Å². The Morgan fingerprint density at radius 1 is 1.14 bits per heavy atom. The second kappa shape index (κ2) is 11.6. The van der Waals surface area contributed by atoms with E-state index in [1.807, 2.05) is 38.1 Å². The van der Waals surface area contributed by atoms with E-state index in [0.29, 0.717) is 36.4 Å². The molecule has 0 unspecified atom stereocenters. The summed E-state index contributed by atoms with van der Waals surface area (Å²) in [7, 11) is 3.38. The van der Waals surface area contributed by atoms with E-state index in [9.17, 15) is 14.4 Å². The number of carbonyl (C=O) groups is 3. The first-order valence-electron chi connectivity index (χ1n) is 12.6. The number of fused-ring (bicyclic) bond motifs is 2. The van der Waals surface area contributed by atoms with Crippen LogP contribution in [0.2, 0.25) is 0 Å². The van der Waals surface area contributed by atoms with Crippen LogP contribution in [0.4, 0.5) is 5.69 Å². The lowest BCUT2D eigenvalue weighted by atomic mass is 9.94. The van der Waals surface area contributed by atoms with Gasteiger partial charge in [-0.2, -0.15) is 0 Å². The van der Waals surface area contributed by atoms with E-state index in [-0.39, 0.29) is 54.9 Å². The molecule has 0 bridgehead atoms. The summed E-state index contributed by atoms with van der Waals surface area (Å²) < 4.78 is 17.4. The minimum atomic E-state index is -0.351. The molecule has 0 saturated carbocycles. The molecule has 1 saturated heterocycles. The van der Waals surface area contributed by atoms with Gasteiger partial charge in [0.2, 0.25) is 11.8 Å². The molecule has 3 atom stereocenters. The molecule has 2 aromatic rings. The van der Waals surface area contributed by atoms with Crippen LogP contribution in [-0.4, -0.2) is 61.6 Å². The molecular weight excluding hydrogens is 474 g/mol. The van der Waals surface area contributed by atoms with Crippen LogP contribution in [0.3, 0.4) is 0 Å². The number of nitrogens with one attached hydrogen (secondary N) is 2. The average molecular weight is 510 g/mol. The maximum atomic E-state index is 13.3. The molecule has 9 heteroatoms. The third-order valence-electron chi connectivity index (χ3n) is 6.87. The van der Waals surface area contributed by atoms with Gasteiger partial charge in [0.05, 0.1) is 31.2 Å². The number of hydrogen-bond donors (Lipinski definition) is 2. The third-order valence-corrected chi connectivity index (χ3v) is 6.87. The number of anilines is 1. The van der Waals surface area contributed by atoms with Crippen molar-refractivity contribution in [2.75, 3.05) is 26.1 Å². The highest BCUT2D eigenvalue weighted by Crippen LogP contribution is 2.32. The van der Waals surface area contributed by atoms with Gasteiger partial charge in [-0.25, -0.2) is 0 Å². The fourth-order valence-electron chi connectivity index (χ4n) is 4.61. The van der Waals surface area contributed by atoms with Crippen molar-refractivity contribution in [3.05, 3.63) is 53.6 Å². The molecule has 3 amide bonds. The molecule has 0 spiro atoms. The molecule has 2 heterocycles. The number of rotatable bonds is 7. The first-order chi connectivity index (χ1) is 17.7. The Morgan fingerprint density at radius 3 is 2.59 bits per heavy atom. The first-order valence-corrected chi connectivity index (χ1v) is 12.6. The number of benzene rings is 2. The van der Waals surface area contributed by atoms with Crippen molar-refractivity contribution in [3.63, 3.8) is 0 Å². The third kappa shape index (κ3) is 6.40. The quantitative estimate of drug-likeness (QED) is 0.593. The smallest absolute Gasteiger partial charge is 0.257 e. The van der Waals surface area contributed by atoms with Gasteiger partial charge in [0.15, 0.2) is 0 Å². The van der Waals surface area contributed by atoms with Crippen LogP contribution >= 0.6 is 0 Å².